The standard InChI is InChI=1S/C14H22N6S2/c1-5-12-18-10(8-21-12)6-16-13(15-2)17-7-11-9-22-14(19-11)20(3)4/h8-9H,5-7H2,1-4H3,(H2,15,16,17). The molecule has 2 aromatic heterocycles. The number of nitrogens with one attached hydrogen (secondary N) is 2. The molecular weight excluding hydrogens is 316 g/mol. The van der Waals surface area contributed by atoms with Crippen LogP contribution in [0, 0.1) is 0 Å². The number of thiazole rings is 2. The number of guanidine groups is 1. The van der Waals surface area contributed by atoms with Crippen LogP contribution in [0.3, 0.4) is 0 Å². The van der Waals surface area contributed by atoms with E-state index < -0.39 is 0 Å². The van der Waals surface area contributed by atoms with Gasteiger partial charge in [0, 0.05) is 31.9 Å². The first-order chi connectivity index (χ1) is 10.6. The van der Waals surface area contributed by atoms with Crippen molar-refractivity contribution >= 4 is 33.8 Å². The molecule has 0 fully saturated rings. The Morgan fingerprint density at radius 1 is 1.14 bits per heavy atom. The third-order valence-corrected chi connectivity index (χ3v) is 5.02. The number of rotatable bonds is 6. The Morgan fingerprint density at radius 2 is 1.77 bits per heavy atom. The van der Waals surface area contributed by atoms with Crippen molar-refractivity contribution in [3.8, 4) is 0 Å². The molecule has 0 spiro atoms. The monoisotopic (exact) mass is 338 g/mol. The molecule has 2 N–H and O–H groups in total. The van der Waals surface area contributed by atoms with Crippen LogP contribution < -0.4 is 15.5 Å². The summed E-state index contributed by atoms with van der Waals surface area (Å²) in [7, 11) is 5.75. The highest BCUT2D eigenvalue weighted by Crippen LogP contribution is 2.17. The van der Waals surface area contributed by atoms with E-state index in [4.69, 9.17) is 0 Å². The van der Waals surface area contributed by atoms with Crippen LogP contribution in [0.5, 0.6) is 0 Å². The molecule has 22 heavy (non-hydrogen) atoms. The van der Waals surface area contributed by atoms with E-state index in [2.05, 4.69) is 43.3 Å². The molecule has 6 nitrogen and oxygen atoms in total. The van der Waals surface area contributed by atoms with Gasteiger partial charge in [-0.05, 0) is 6.42 Å². The summed E-state index contributed by atoms with van der Waals surface area (Å²) in [6.45, 7) is 3.45. The fourth-order valence-electron chi connectivity index (χ4n) is 1.74. The fraction of sp³-hybridized carbons (Fsp3) is 0.500. The van der Waals surface area contributed by atoms with E-state index in [-0.39, 0.29) is 0 Å². The number of aryl methyl sites for hydroxylation is 1. The molecule has 0 bridgehead atoms. The van der Waals surface area contributed by atoms with Crippen LogP contribution in [-0.2, 0) is 19.5 Å². The minimum Gasteiger partial charge on any atom is -0.354 e. The van der Waals surface area contributed by atoms with Gasteiger partial charge in [0.1, 0.15) is 0 Å². The first kappa shape index (κ1) is 16.7. The van der Waals surface area contributed by atoms with E-state index in [1.54, 1.807) is 29.7 Å². The number of nitrogens with zero attached hydrogens (tertiary/aromatic N) is 4. The lowest BCUT2D eigenvalue weighted by Gasteiger charge is -2.10. The fourth-order valence-corrected chi connectivity index (χ4v) is 3.25. The average Bonchev–Trinajstić information content (AvgIpc) is 3.16. The first-order valence-electron chi connectivity index (χ1n) is 7.12. The maximum atomic E-state index is 4.54. The van der Waals surface area contributed by atoms with Gasteiger partial charge in [-0.3, -0.25) is 4.99 Å². The zero-order chi connectivity index (χ0) is 15.9. The van der Waals surface area contributed by atoms with Crippen molar-refractivity contribution in [3.63, 3.8) is 0 Å². The van der Waals surface area contributed by atoms with Crippen molar-refractivity contribution in [3.05, 3.63) is 27.2 Å². The molecule has 2 rings (SSSR count). The molecule has 0 aliphatic carbocycles. The van der Waals surface area contributed by atoms with Crippen molar-refractivity contribution in [2.45, 2.75) is 26.4 Å². The van der Waals surface area contributed by atoms with Crippen molar-refractivity contribution in [2.24, 2.45) is 4.99 Å². The van der Waals surface area contributed by atoms with Crippen LogP contribution in [0.2, 0.25) is 0 Å². The summed E-state index contributed by atoms with van der Waals surface area (Å²) < 4.78 is 0. The lowest BCUT2D eigenvalue weighted by atomic mass is 10.4. The topological polar surface area (TPSA) is 65.4 Å². The molecule has 0 saturated heterocycles. The second kappa shape index (κ2) is 8.09. The Kier molecular flexibility index (Phi) is 6.14. The van der Waals surface area contributed by atoms with Gasteiger partial charge in [-0.2, -0.15) is 0 Å². The molecular formula is C14H22N6S2. The third-order valence-electron chi connectivity index (χ3n) is 2.92. The highest BCUT2D eigenvalue weighted by molar-refractivity contribution is 7.13. The highest BCUT2D eigenvalue weighted by Gasteiger charge is 2.05. The SMILES string of the molecule is CCc1nc(CNC(=NC)NCc2csc(N(C)C)n2)cs1. The van der Waals surface area contributed by atoms with Crippen molar-refractivity contribution < 1.29 is 0 Å². The number of anilines is 1. The summed E-state index contributed by atoms with van der Waals surface area (Å²) in [5.41, 5.74) is 2.06. The van der Waals surface area contributed by atoms with Crippen LogP contribution in [0.4, 0.5) is 5.13 Å². The maximum Gasteiger partial charge on any atom is 0.191 e. The third kappa shape index (κ3) is 4.67. The van der Waals surface area contributed by atoms with Gasteiger partial charge in [-0.15, -0.1) is 22.7 Å². The van der Waals surface area contributed by atoms with Crippen molar-refractivity contribution in [1.29, 1.82) is 0 Å². The zero-order valence-corrected chi connectivity index (χ0v) is 15.0. The minimum atomic E-state index is 0.654. The summed E-state index contributed by atoms with van der Waals surface area (Å²) in [5.74, 6) is 0.755. The van der Waals surface area contributed by atoms with Gasteiger partial charge in [0.15, 0.2) is 11.1 Å². The summed E-state index contributed by atoms with van der Waals surface area (Å²) in [6, 6.07) is 0. The molecule has 2 heterocycles. The van der Waals surface area contributed by atoms with Crippen molar-refractivity contribution in [2.75, 3.05) is 26.0 Å². The van der Waals surface area contributed by atoms with Gasteiger partial charge in [0.2, 0.25) is 0 Å². The Balaban J connectivity index is 1.81. The summed E-state index contributed by atoms with van der Waals surface area (Å²) in [6.07, 6.45) is 0.982. The second-order valence-corrected chi connectivity index (χ2v) is 6.66. The quantitative estimate of drug-likeness (QED) is 0.624. The summed E-state index contributed by atoms with van der Waals surface area (Å²) in [4.78, 5) is 15.3. The van der Waals surface area contributed by atoms with Gasteiger partial charge < -0.3 is 15.5 Å². The molecule has 0 aliphatic rings. The molecule has 0 radical (unpaired) electrons. The van der Waals surface area contributed by atoms with Crippen LogP contribution in [-0.4, -0.2) is 37.1 Å². The van der Waals surface area contributed by atoms with Gasteiger partial charge in [-0.1, -0.05) is 6.92 Å². The van der Waals surface area contributed by atoms with Crippen LogP contribution in [0.1, 0.15) is 23.3 Å². The molecule has 0 saturated carbocycles. The Labute approximate surface area is 139 Å². The molecule has 0 aliphatic heterocycles. The molecule has 0 atom stereocenters. The largest absolute Gasteiger partial charge is 0.354 e. The second-order valence-electron chi connectivity index (χ2n) is 4.88. The van der Waals surface area contributed by atoms with E-state index in [1.165, 1.54) is 5.01 Å². The number of aliphatic imine (C=N–C) groups is 1. The minimum absolute atomic E-state index is 0.654. The predicted molar refractivity (Wildman–Crippen MR) is 95.0 cm³/mol. The average molecular weight is 339 g/mol. The number of hydrogen-bond acceptors (Lipinski definition) is 6. The Bertz CT molecular complexity index is 616. The van der Waals surface area contributed by atoms with Crippen LogP contribution in [0.15, 0.2) is 15.8 Å². The van der Waals surface area contributed by atoms with Crippen molar-refractivity contribution in [1.82, 2.24) is 20.6 Å². The molecule has 0 aromatic carbocycles. The lowest BCUT2D eigenvalue weighted by molar-refractivity contribution is 0.785. The van der Waals surface area contributed by atoms with Crippen LogP contribution in [0.25, 0.3) is 0 Å². The van der Waals surface area contributed by atoms with E-state index in [9.17, 15) is 0 Å². The van der Waals surface area contributed by atoms with Gasteiger partial charge >= 0.3 is 0 Å². The zero-order valence-electron chi connectivity index (χ0n) is 13.4. The molecule has 2 aromatic rings. The maximum absolute atomic E-state index is 4.54. The van der Waals surface area contributed by atoms with Crippen LogP contribution >= 0.6 is 22.7 Å². The van der Waals surface area contributed by atoms with E-state index in [0.717, 1.165) is 28.9 Å². The summed E-state index contributed by atoms with van der Waals surface area (Å²) in [5, 5.41) is 12.9. The smallest absolute Gasteiger partial charge is 0.191 e. The predicted octanol–water partition coefficient (Wildman–Crippen LogP) is 2.09. The Morgan fingerprint density at radius 3 is 2.27 bits per heavy atom. The molecule has 8 heteroatoms. The molecule has 120 valence electrons. The van der Waals surface area contributed by atoms with E-state index in [1.807, 2.05) is 19.0 Å². The summed E-state index contributed by atoms with van der Waals surface area (Å²) >= 11 is 3.34. The number of hydrogen-bond donors (Lipinski definition) is 2. The lowest BCUT2D eigenvalue weighted by Crippen LogP contribution is -2.36. The Hall–Kier alpha value is -1.67. The van der Waals surface area contributed by atoms with E-state index >= 15 is 0 Å². The molecule has 0 amide bonds. The number of aromatic nitrogens is 2. The normalized spacial score (nSPS) is 11.5. The first-order valence-corrected chi connectivity index (χ1v) is 8.87. The highest BCUT2D eigenvalue weighted by atomic mass is 32.1. The van der Waals surface area contributed by atoms with E-state index in [0.29, 0.717) is 13.1 Å². The van der Waals surface area contributed by atoms with Gasteiger partial charge in [0.25, 0.3) is 0 Å². The molecule has 0 unspecified atom stereocenters. The van der Waals surface area contributed by atoms with Gasteiger partial charge in [-0.25, -0.2) is 9.97 Å². The van der Waals surface area contributed by atoms with Gasteiger partial charge in [0.05, 0.1) is 29.5 Å².